The molecule has 1 amide bonds. The molecule has 7 heteroatoms. The Hall–Kier alpha value is -2.12. The number of carbonyl (C=O) groups is 1. The van der Waals surface area contributed by atoms with Crippen LogP contribution in [-0.2, 0) is 25.4 Å². The van der Waals surface area contributed by atoms with Crippen LogP contribution in [0.15, 0.2) is 24.4 Å². The molecule has 2 aliphatic rings. The van der Waals surface area contributed by atoms with Crippen molar-refractivity contribution in [3.8, 4) is 0 Å². The molecule has 0 saturated carbocycles. The van der Waals surface area contributed by atoms with Crippen molar-refractivity contribution in [2.24, 2.45) is 25.9 Å². The molecule has 0 aliphatic carbocycles. The minimum atomic E-state index is -0.0128. The Kier molecular flexibility index (Phi) is 4.58. The average molecular weight is 357 g/mol. The summed E-state index contributed by atoms with van der Waals surface area (Å²) in [7, 11) is 3.89. The number of hydrogen-bond donors (Lipinski definition) is 1. The lowest BCUT2D eigenvalue weighted by Gasteiger charge is -2.20. The van der Waals surface area contributed by atoms with Crippen LogP contribution in [0.25, 0.3) is 0 Å². The second-order valence-corrected chi connectivity index (χ2v) is 7.60. The Labute approximate surface area is 153 Å². The monoisotopic (exact) mass is 357 g/mol. The number of aryl methyl sites for hydroxylation is 3. The normalized spacial score (nSPS) is 25.6. The first-order chi connectivity index (χ1) is 12.5. The van der Waals surface area contributed by atoms with Crippen molar-refractivity contribution in [1.29, 1.82) is 0 Å². The van der Waals surface area contributed by atoms with Gasteiger partial charge < -0.3 is 14.6 Å². The first kappa shape index (κ1) is 17.3. The topological polar surface area (TPSA) is 64.3 Å². The van der Waals surface area contributed by atoms with E-state index >= 15 is 0 Å². The van der Waals surface area contributed by atoms with Crippen LogP contribution in [0.5, 0.6) is 0 Å². The molecular weight excluding hydrogens is 330 g/mol. The minimum Gasteiger partial charge on any atom is -0.376 e. The number of rotatable bonds is 5. The predicted octanol–water partition coefficient (Wildman–Crippen LogP) is 0.944. The summed E-state index contributed by atoms with van der Waals surface area (Å²) in [6.07, 6.45) is 2.17. The lowest BCUT2D eigenvalue weighted by Crippen LogP contribution is -2.35. The summed E-state index contributed by atoms with van der Waals surface area (Å²) in [6, 6.07) is 5.88. The molecule has 2 aromatic rings. The predicted molar refractivity (Wildman–Crippen MR) is 97.7 cm³/mol. The van der Waals surface area contributed by atoms with Crippen molar-refractivity contribution in [2.45, 2.75) is 19.6 Å². The number of nitrogens with zero attached hydrogens (tertiary/aromatic N) is 4. The molecule has 7 nitrogen and oxygen atoms in total. The number of hydrogen-bond acceptors (Lipinski definition) is 4. The number of aromatic nitrogens is 3. The molecule has 2 fully saturated rings. The minimum absolute atomic E-state index is 0.0128. The van der Waals surface area contributed by atoms with Crippen LogP contribution in [0.4, 0.5) is 0 Å². The third-order valence-corrected chi connectivity index (χ3v) is 5.70. The highest BCUT2D eigenvalue weighted by Crippen LogP contribution is 2.34. The van der Waals surface area contributed by atoms with Gasteiger partial charge in [0.1, 0.15) is 5.69 Å². The second-order valence-electron chi connectivity index (χ2n) is 7.60. The molecule has 0 bridgehead atoms. The van der Waals surface area contributed by atoms with E-state index in [1.807, 2.05) is 48.6 Å². The van der Waals surface area contributed by atoms with E-state index in [-0.39, 0.29) is 12.0 Å². The highest BCUT2D eigenvalue weighted by molar-refractivity contribution is 5.92. The fourth-order valence-electron chi connectivity index (χ4n) is 4.27. The first-order valence-electron chi connectivity index (χ1n) is 9.24. The largest absolute Gasteiger partial charge is 0.376 e. The Morgan fingerprint density at radius 2 is 2.23 bits per heavy atom. The Morgan fingerprint density at radius 3 is 2.92 bits per heavy atom. The molecule has 2 aliphatic heterocycles. The van der Waals surface area contributed by atoms with Gasteiger partial charge >= 0.3 is 0 Å². The molecule has 26 heavy (non-hydrogen) atoms. The van der Waals surface area contributed by atoms with E-state index in [2.05, 4.69) is 21.4 Å². The van der Waals surface area contributed by atoms with E-state index in [1.165, 1.54) is 5.69 Å². The molecular formula is C19H27N5O2. The van der Waals surface area contributed by atoms with Gasteiger partial charge in [-0.15, -0.1) is 0 Å². The Balaban J connectivity index is 1.32. The third-order valence-electron chi connectivity index (χ3n) is 5.70. The van der Waals surface area contributed by atoms with E-state index in [9.17, 15) is 4.79 Å². The maximum atomic E-state index is 12.3. The van der Waals surface area contributed by atoms with Crippen molar-refractivity contribution in [3.63, 3.8) is 0 Å². The third kappa shape index (κ3) is 3.29. The SMILES string of the molecule is Cc1cc(CN2C[C@H]3[C@@H](CNC(=O)c4cccn4C)CO[C@H]3C2)n(C)n1. The van der Waals surface area contributed by atoms with Crippen LogP contribution in [0.2, 0.25) is 0 Å². The van der Waals surface area contributed by atoms with Gasteiger partial charge in [-0.2, -0.15) is 5.10 Å². The molecule has 0 spiro atoms. The van der Waals surface area contributed by atoms with E-state index < -0.39 is 0 Å². The zero-order chi connectivity index (χ0) is 18.3. The van der Waals surface area contributed by atoms with E-state index in [0.29, 0.717) is 24.1 Å². The van der Waals surface area contributed by atoms with Crippen LogP contribution >= 0.6 is 0 Å². The van der Waals surface area contributed by atoms with Gasteiger partial charge in [-0.05, 0) is 25.1 Å². The zero-order valence-electron chi connectivity index (χ0n) is 15.7. The Morgan fingerprint density at radius 1 is 1.38 bits per heavy atom. The fraction of sp³-hybridized carbons (Fsp3) is 0.579. The summed E-state index contributed by atoms with van der Waals surface area (Å²) in [6.45, 7) is 6.30. The van der Waals surface area contributed by atoms with Crippen molar-refractivity contribution in [3.05, 3.63) is 41.5 Å². The van der Waals surface area contributed by atoms with Crippen LogP contribution in [-0.4, -0.2) is 57.5 Å². The van der Waals surface area contributed by atoms with Crippen LogP contribution in [0.3, 0.4) is 0 Å². The number of carbonyl (C=O) groups excluding carboxylic acids is 1. The summed E-state index contributed by atoms with van der Waals surface area (Å²) in [5.41, 5.74) is 2.98. The lowest BCUT2D eigenvalue weighted by atomic mass is 9.93. The van der Waals surface area contributed by atoms with Gasteiger partial charge in [0.05, 0.1) is 24.1 Å². The number of fused-ring (bicyclic) bond motifs is 1. The number of amides is 1. The molecule has 0 radical (unpaired) electrons. The first-order valence-corrected chi connectivity index (χ1v) is 9.24. The van der Waals surface area contributed by atoms with Gasteiger partial charge in [-0.1, -0.05) is 0 Å². The Bertz CT molecular complexity index is 796. The summed E-state index contributed by atoms with van der Waals surface area (Å²) in [5.74, 6) is 0.849. The molecule has 2 aromatic heterocycles. The lowest BCUT2D eigenvalue weighted by molar-refractivity contribution is 0.0897. The average Bonchev–Trinajstić information content (AvgIpc) is 3.32. The second kappa shape index (κ2) is 6.89. The molecule has 140 valence electrons. The standard InChI is InChI=1S/C19H27N5O2/c1-13-7-15(23(3)21-13)9-24-10-16-14(12-26-18(16)11-24)8-20-19(25)17-5-4-6-22(17)2/h4-7,14,16,18H,8-12H2,1-3H3,(H,20,25)/t14-,16-,18-/m0/s1. The quantitative estimate of drug-likeness (QED) is 0.865. The van der Waals surface area contributed by atoms with Gasteiger partial charge in [-0.25, -0.2) is 0 Å². The van der Waals surface area contributed by atoms with Gasteiger partial charge in [0.2, 0.25) is 0 Å². The van der Waals surface area contributed by atoms with Crippen LogP contribution < -0.4 is 5.32 Å². The molecule has 4 heterocycles. The van der Waals surface area contributed by atoms with E-state index in [1.54, 1.807) is 0 Å². The van der Waals surface area contributed by atoms with Gasteiger partial charge in [-0.3, -0.25) is 14.4 Å². The van der Waals surface area contributed by atoms with Crippen molar-refractivity contribution in [1.82, 2.24) is 24.6 Å². The number of ether oxygens (including phenoxy) is 1. The molecule has 0 aromatic carbocycles. The molecule has 1 N–H and O–H groups in total. The highest BCUT2D eigenvalue weighted by Gasteiger charge is 2.43. The van der Waals surface area contributed by atoms with Crippen LogP contribution in [0.1, 0.15) is 21.9 Å². The fourth-order valence-corrected chi connectivity index (χ4v) is 4.27. The number of nitrogens with one attached hydrogen (secondary N) is 1. The molecule has 4 rings (SSSR count). The maximum Gasteiger partial charge on any atom is 0.267 e. The van der Waals surface area contributed by atoms with Gasteiger partial charge in [0.15, 0.2) is 0 Å². The van der Waals surface area contributed by atoms with Crippen molar-refractivity contribution < 1.29 is 9.53 Å². The van der Waals surface area contributed by atoms with Crippen LogP contribution in [0, 0.1) is 18.8 Å². The van der Waals surface area contributed by atoms with Gasteiger partial charge in [0, 0.05) is 58.3 Å². The summed E-state index contributed by atoms with van der Waals surface area (Å²) < 4.78 is 9.82. The number of likely N-dealkylation sites (tertiary alicyclic amines) is 1. The van der Waals surface area contributed by atoms with Crippen molar-refractivity contribution in [2.75, 3.05) is 26.2 Å². The molecule has 0 unspecified atom stereocenters. The maximum absolute atomic E-state index is 12.3. The van der Waals surface area contributed by atoms with Crippen molar-refractivity contribution >= 4 is 5.91 Å². The smallest absolute Gasteiger partial charge is 0.267 e. The summed E-state index contributed by atoms with van der Waals surface area (Å²) in [4.78, 5) is 14.8. The zero-order valence-corrected chi connectivity index (χ0v) is 15.7. The highest BCUT2D eigenvalue weighted by atomic mass is 16.5. The molecule has 2 saturated heterocycles. The summed E-state index contributed by atoms with van der Waals surface area (Å²) >= 11 is 0. The van der Waals surface area contributed by atoms with E-state index in [0.717, 1.165) is 31.9 Å². The van der Waals surface area contributed by atoms with E-state index in [4.69, 9.17) is 4.74 Å². The molecule has 3 atom stereocenters. The summed E-state index contributed by atoms with van der Waals surface area (Å²) in [5, 5.41) is 7.51. The van der Waals surface area contributed by atoms with Gasteiger partial charge in [0.25, 0.3) is 5.91 Å².